The van der Waals surface area contributed by atoms with Gasteiger partial charge in [0, 0.05) is 6.61 Å². The van der Waals surface area contributed by atoms with Crippen LogP contribution in [0.1, 0.15) is 52.9 Å². The van der Waals surface area contributed by atoms with Crippen molar-refractivity contribution < 1.29 is 9.84 Å². The van der Waals surface area contributed by atoms with Crippen molar-refractivity contribution >= 4 is 0 Å². The summed E-state index contributed by atoms with van der Waals surface area (Å²) in [5, 5.41) is 8.53. The molecule has 86 valence electrons. The van der Waals surface area contributed by atoms with Gasteiger partial charge in [-0.1, -0.05) is 46.5 Å². The van der Waals surface area contributed by atoms with E-state index in [-0.39, 0.29) is 6.79 Å². The van der Waals surface area contributed by atoms with Gasteiger partial charge in [0.1, 0.15) is 6.79 Å². The van der Waals surface area contributed by atoms with Gasteiger partial charge in [-0.3, -0.25) is 0 Å². The lowest BCUT2D eigenvalue weighted by Gasteiger charge is -2.24. The predicted octanol–water partition coefficient (Wildman–Crippen LogP) is 3.20. The number of rotatable bonds is 9. The molecule has 1 N–H and O–H groups in total. The number of hydrogen-bond acceptors (Lipinski definition) is 2. The van der Waals surface area contributed by atoms with Gasteiger partial charge in [0.25, 0.3) is 0 Å². The third-order valence-electron chi connectivity index (χ3n) is 3.10. The Morgan fingerprint density at radius 3 is 2.00 bits per heavy atom. The maximum Gasteiger partial charge on any atom is 0.143 e. The van der Waals surface area contributed by atoms with Crippen molar-refractivity contribution in [1.29, 1.82) is 0 Å². The van der Waals surface area contributed by atoms with E-state index in [4.69, 9.17) is 9.84 Å². The minimum atomic E-state index is -0.138. The van der Waals surface area contributed by atoms with Crippen LogP contribution in [-0.4, -0.2) is 18.5 Å². The predicted molar refractivity (Wildman–Crippen MR) is 60.1 cm³/mol. The first-order chi connectivity index (χ1) is 6.79. The molecule has 0 aromatic heterocycles. The topological polar surface area (TPSA) is 29.5 Å². The maximum absolute atomic E-state index is 8.53. The Kier molecular flexibility index (Phi) is 9.42. The molecule has 0 spiro atoms. The molecule has 2 atom stereocenters. The Hall–Kier alpha value is -0.0800. The molecule has 0 aliphatic heterocycles. The SMILES string of the molecule is CCCC(CC)C(CC)CCOCO. The lowest BCUT2D eigenvalue weighted by atomic mass is 9.83. The molecule has 0 aliphatic carbocycles. The van der Waals surface area contributed by atoms with Gasteiger partial charge in [0.2, 0.25) is 0 Å². The van der Waals surface area contributed by atoms with Crippen molar-refractivity contribution in [2.45, 2.75) is 52.9 Å². The summed E-state index contributed by atoms with van der Waals surface area (Å²) in [5.41, 5.74) is 0. The van der Waals surface area contributed by atoms with Crippen LogP contribution in [0.4, 0.5) is 0 Å². The maximum atomic E-state index is 8.53. The Balaban J connectivity index is 3.81. The Morgan fingerprint density at radius 2 is 1.57 bits per heavy atom. The monoisotopic (exact) mass is 202 g/mol. The standard InChI is InChI=1S/C12H26O2/c1-4-7-11(5-2)12(6-3)8-9-14-10-13/h11-13H,4-10H2,1-3H3. The van der Waals surface area contributed by atoms with Crippen LogP contribution in [0.25, 0.3) is 0 Å². The number of aliphatic hydroxyl groups excluding tert-OH is 1. The first-order valence-corrected chi connectivity index (χ1v) is 5.98. The molecule has 0 radical (unpaired) electrons. The van der Waals surface area contributed by atoms with Crippen molar-refractivity contribution in [3.63, 3.8) is 0 Å². The highest BCUT2D eigenvalue weighted by Gasteiger charge is 2.16. The lowest BCUT2D eigenvalue weighted by Crippen LogP contribution is -2.16. The van der Waals surface area contributed by atoms with Gasteiger partial charge in [-0.2, -0.15) is 0 Å². The fraction of sp³-hybridized carbons (Fsp3) is 1.00. The van der Waals surface area contributed by atoms with Gasteiger partial charge < -0.3 is 9.84 Å². The van der Waals surface area contributed by atoms with Crippen LogP contribution in [0, 0.1) is 11.8 Å². The van der Waals surface area contributed by atoms with Crippen LogP contribution in [0.15, 0.2) is 0 Å². The van der Waals surface area contributed by atoms with Gasteiger partial charge in [-0.05, 0) is 18.3 Å². The van der Waals surface area contributed by atoms with Crippen molar-refractivity contribution in [2.75, 3.05) is 13.4 Å². The molecular formula is C12H26O2. The zero-order valence-corrected chi connectivity index (χ0v) is 9.96. The van der Waals surface area contributed by atoms with E-state index in [0.717, 1.165) is 18.3 Å². The van der Waals surface area contributed by atoms with Gasteiger partial charge >= 0.3 is 0 Å². The third-order valence-corrected chi connectivity index (χ3v) is 3.10. The zero-order valence-electron chi connectivity index (χ0n) is 9.96. The molecule has 2 unspecified atom stereocenters. The van der Waals surface area contributed by atoms with Crippen molar-refractivity contribution in [2.24, 2.45) is 11.8 Å². The zero-order chi connectivity index (χ0) is 10.8. The molecule has 14 heavy (non-hydrogen) atoms. The van der Waals surface area contributed by atoms with Crippen LogP contribution >= 0.6 is 0 Å². The van der Waals surface area contributed by atoms with Crippen LogP contribution in [0.3, 0.4) is 0 Å². The van der Waals surface area contributed by atoms with Crippen LogP contribution < -0.4 is 0 Å². The molecule has 0 bridgehead atoms. The summed E-state index contributed by atoms with van der Waals surface area (Å²) >= 11 is 0. The molecule has 0 aromatic carbocycles. The molecule has 0 saturated carbocycles. The van der Waals surface area contributed by atoms with Crippen molar-refractivity contribution in [1.82, 2.24) is 0 Å². The summed E-state index contributed by atoms with van der Waals surface area (Å²) in [4.78, 5) is 0. The number of ether oxygens (including phenoxy) is 1. The molecule has 2 heteroatoms. The molecule has 0 saturated heterocycles. The van der Waals surface area contributed by atoms with Crippen LogP contribution in [0.5, 0.6) is 0 Å². The summed E-state index contributed by atoms with van der Waals surface area (Å²) in [6.45, 7) is 7.34. The molecule has 0 aliphatic rings. The summed E-state index contributed by atoms with van der Waals surface area (Å²) in [7, 11) is 0. The summed E-state index contributed by atoms with van der Waals surface area (Å²) < 4.78 is 4.99. The molecule has 0 amide bonds. The van der Waals surface area contributed by atoms with Gasteiger partial charge in [0.05, 0.1) is 0 Å². The fourth-order valence-corrected chi connectivity index (χ4v) is 2.22. The largest absolute Gasteiger partial charge is 0.371 e. The first-order valence-electron chi connectivity index (χ1n) is 5.98. The van der Waals surface area contributed by atoms with Gasteiger partial charge in [0.15, 0.2) is 0 Å². The molecule has 0 fully saturated rings. The fourth-order valence-electron chi connectivity index (χ4n) is 2.22. The smallest absolute Gasteiger partial charge is 0.143 e. The van der Waals surface area contributed by atoms with Gasteiger partial charge in [-0.25, -0.2) is 0 Å². The molecular weight excluding hydrogens is 176 g/mol. The average Bonchev–Trinajstić information content (AvgIpc) is 2.22. The van der Waals surface area contributed by atoms with E-state index >= 15 is 0 Å². The number of hydrogen-bond donors (Lipinski definition) is 1. The number of aliphatic hydroxyl groups is 1. The second-order valence-corrected chi connectivity index (χ2v) is 3.95. The highest BCUT2D eigenvalue weighted by Crippen LogP contribution is 2.26. The van der Waals surface area contributed by atoms with E-state index in [1.807, 2.05) is 0 Å². The Labute approximate surface area is 88.7 Å². The van der Waals surface area contributed by atoms with E-state index in [1.54, 1.807) is 0 Å². The third kappa shape index (κ3) is 5.61. The highest BCUT2D eigenvalue weighted by atomic mass is 16.6. The Morgan fingerprint density at radius 1 is 1.00 bits per heavy atom. The quantitative estimate of drug-likeness (QED) is 0.459. The van der Waals surface area contributed by atoms with E-state index in [9.17, 15) is 0 Å². The van der Waals surface area contributed by atoms with E-state index < -0.39 is 0 Å². The minimum absolute atomic E-state index is 0.138. The van der Waals surface area contributed by atoms with E-state index in [1.165, 1.54) is 25.7 Å². The molecule has 2 nitrogen and oxygen atoms in total. The van der Waals surface area contributed by atoms with E-state index in [2.05, 4.69) is 20.8 Å². The summed E-state index contributed by atoms with van der Waals surface area (Å²) in [6.07, 6.45) is 6.19. The van der Waals surface area contributed by atoms with Crippen molar-refractivity contribution in [3.05, 3.63) is 0 Å². The normalized spacial score (nSPS) is 15.4. The molecule has 0 rings (SSSR count). The second kappa shape index (κ2) is 9.47. The first kappa shape index (κ1) is 13.9. The van der Waals surface area contributed by atoms with Gasteiger partial charge in [-0.15, -0.1) is 0 Å². The highest BCUT2D eigenvalue weighted by molar-refractivity contribution is 4.67. The second-order valence-electron chi connectivity index (χ2n) is 3.95. The van der Waals surface area contributed by atoms with Crippen LogP contribution in [-0.2, 0) is 4.74 Å². The molecule has 0 aromatic rings. The minimum Gasteiger partial charge on any atom is -0.371 e. The summed E-state index contributed by atoms with van der Waals surface area (Å²) in [5.74, 6) is 1.61. The lowest BCUT2D eigenvalue weighted by molar-refractivity contribution is -0.00977. The van der Waals surface area contributed by atoms with Crippen molar-refractivity contribution in [3.8, 4) is 0 Å². The van der Waals surface area contributed by atoms with E-state index in [0.29, 0.717) is 6.61 Å². The molecule has 0 heterocycles. The van der Waals surface area contributed by atoms with Crippen LogP contribution in [0.2, 0.25) is 0 Å². The Bertz CT molecular complexity index is 115. The average molecular weight is 202 g/mol. The summed E-state index contributed by atoms with van der Waals surface area (Å²) in [6, 6.07) is 0.